The van der Waals surface area contributed by atoms with E-state index in [4.69, 9.17) is 14.7 Å². The molecule has 170 valence electrons. The molecule has 3 aliphatic rings. The van der Waals surface area contributed by atoms with E-state index in [1.165, 1.54) is 60.8 Å². The summed E-state index contributed by atoms with van der Waals surface area (Å²) in [6, 6.07) is 1.16. The molecule has 4 heterocycles. The molecule has 0 aromatic carbocycles. The topological polar surface area (TPSA) is 91.0 Å². The molecule has 3 aromatic heterocycles. The normalized spacial score (nSPS) is 24.4. The summed E-state index contributed by atoms with van der Waals surface area (Å²) < 4.78 is 5.54. The summed E-state index contributed by atoms with van der Waals surface area (Å²) in [5.41, 5.74) is 1.48. The van der Waals surface area contributed by atoms with Gasteiger partial charge in [-0.1, -0.05) is 0 Å². The minimum Gasteiger partial charge on any atom is -0.379 e. The van der Waals surface area contributed by atoms with E-state index < -0.39 is 0 Å². The van der Waals surface area contributed by atoms with Crippen LogP contribution in [-0.2, 0) is 17.6 Å². The molecule has 0 atom stereocenters. The second kappa shape index (κ2) is 8.96. The van der Waals surface area contributed by atoms with E-state index in [2.05, 4.69) is 25.5 Å². The van der Waals surface area contributed by atoms with E-state index in [-0.39, 0.29) is 0 Å². The Balaban J connectivity index is 1.24. The van der Waals surface area contributed by atoms with E-state index in [9.17, 15) is 0 Å². The number of thiophene rings is 1. The van der Waals surface area contributed by atoms with Crippen LogP contribution < -0.4 is 10.6 Å². The van der Waals surface area contributed by atoms with Crippen molar-refractivity contribution in [3.63, 3.8) is 0 Å². The largest absolute Gasteiger partial charge is 0.379 e. The third-order valence-corrected chi connectivity index (χ3v) is 8.33. The van der Waals surface area contributed by atoms with Crippen LogP contribution >= 0.6 is 11.3 Å². The van der Waals surface area contributed by atoms with Crippen molar-refractivity contribution in [3.8, 4) is 0 Å². The number of aromatic nitrogens is 4. The van der Waals surface area contributed by atoms with Crippen LogP contribution in [0.25, 0.3) is 10.2 Å². The minimum atomic E-state index is 0.459. The zero-order valence-corrected chi connectivity index (χ0v) is 19.2. The summed E-state index contributed by atoms with van der Waals surface area (Å²) >= 11 is 1.84. The van der Waals surface area contributed by atoms with Crippen LogP contribution in [0.15, 0.2) is 12.4 Å². The van der Waals surface area contributed by atoms with Crippen LogP contribution in [-0.4, -0.2) is 63.2 Å². The third-order valence-electron chi connectivity index (χ3n) is 7.14. The Bertz CT molecular complexity index is 1050. The van der Waals surface area contributed by atoms with E-state index in [1.54, 1.807) is 12.4 Å². The van der Waals surface area contributed by atoms with Gasteiger partial charge in [-0.05, 0) is 56.9 Å². The highest BCUT2D eigenvalue weighted by atomic mass is 32.1. The number of hydrogen-bond donors (Lipinski definition) is 3. The van der Waals surface area contributed by atoms with Crippen molar-refractivity contribution in [1.29, 1.82) is 0 Å². The first kappa shape index (κ1) is 20.4. The highest BCUT2D eigenvalue weighted by molar-refractivity contribution is 7.19. The molecule has 0 spiro atoms. The fourth-order valence-electron chi connectivity index (χ4n) is 5.48. The average molecular weight is 454 g/mol. The van der Waals surface area contributed by atoms with Gasteiger partial charge in [0.2, 0.25) is 11.9 Å². The summed E-state index contributed by atoms with van der Waals surface area (Å²) in [7, 11) is 0. The number of aromatic amines is 1. The van der Waals surface area contributed by atoms with Crippen LogP contribution in [0, 0.1) is 0 Å². The number of H-pyrrole nitrogens is 1. The molecular weight excluding hydrogens is 422 g/mol. The molecule has 9 heteroatoms. The summed E-state index contributed by atoms with van der Waals surface area (Å²) in [5.74, 6) is 2.27. The van der Waals surface area contributed by atoms with Crippen molar-refractivity contribution < 1.29 is 4.74 Å². The van der Waals surface area contributed by atoms with Crippen molar-refractivity contribution in [1.82, 2.24) is 24.8 Å². The highest BCUT2D eigenvalue weighted by Gasteiger charge is 2.28. The van der Waals surface area contributed by atoms with Crippen molar-refractivity contribution in [2.75, 3.05) is 36.9 Å². The molecule has 1 saturated heterocycles. The lowest BCUT2D eigenvalue weighted by Gasteiger charge is -2.39. The van der Waals surface area contributed by atoms with Gasteiger partial charge in [0.15, 0.2) is 0 Å². The van der Waals surface area contributed by atoms with Gasteiger partial charge in [-0.15, -0.1) is 11.3 Å². The van der Waals surface area contributed by atoms with Crippen LogP contribution in [0.4, 0.5) is 17.7 Å². The Morgan fingerprint density at radius 1 is 1.06 bits per heavy atom. The SMILES string of the molecule is c1c[nH]c(Nc2nc(NC3CCC(N4CCOCC4)CC3)c3c4c(sc3n2)CCCC4)n1. The van der Waals surface area contributed by atoms with Crippen molar-refractivity contribution in [3.05, 3.63) is 22.8 Å². The second-order valence-corrected chi connectivity index (χ2v) is 10.2. The van der Waals surface area contributed by atoms with E-state index in [1.807, 2.05) is 11.3 Å². The summed E-state index contributed by atoms with van der Waals surface area (Å²) in [6.45, 7) is 3.92. The van der Waals surface area contributed by atoms with Crippen molar-refractivity contribution >= 4 is 39.3 Å². The lowest BCUT2D eigenvalue weighted by Crippen LogP contribution is -2.46. The quantitative estimate of drug-likeness (QED) is 0.536. The van der Waals surface area contributed by atoms with Gasteiger partial charge in [0.05, 0.1) is 18.6 Å². The number of nitrogens with zero attached hydrogens (tertiary/aromatic N) is 4. The number of ether oxygens (including phenoxy) is 1. The minimum absolute atomic E-state index is 0.459. The average Bonchev–Trinajstić information content (AvgIpc) is 3.47. The van der Waals surface area contributed by atoms with Gasteiger partial charge < -0.3 is 15.0 Å². The molecule has 8 nitrogen and oxygen atoms in total. The fraction of sp³-hybridized carbons (Fsp3) is 0.609. The highest BCUT2D eigenvalue weighted by Crippen LogP contribution is 2.40. The lowest BCUT2D eigenvalue weighted by molar-refractivity contribution is 0.00791. The number of anilines is 3. The number of morpholine rings is 1. The number of aryl methyl sites for hydroxylation is 2. The van der Waals surface area contributed by atoms with Crippen LogP contribution in [0.2, 0.25) is 0 Å². The molecule has 1 saturated carbocycles. The maximum Gasteiger partial charge on any atom is 0.232 e. The van der Waals surface area contributed by atoms with Crippen LogP contribution in [0.5, 0.6) is 0 Å². The first-order chi connectivity index (χ1) is 15.8. The van der Waals surface area contributed by atoms with Gasteiger partial charge in [0, 0.05) is 42.4 Å². The Labute approximate surface area is 192 Å². The Kier molecular flexibility index (Phi) is 5.70. The van der Waals surface area contributed by atoms with Crippen LogP contribution in [0.3, 0.4) is 0 Å². The predicted molar refractivity (Wildman–Crippen MR) is 128 cm³/mol. The smallest absolute Gasteiger partial charge is 0.232 e. The number of imidazole rings is 1. The third kappa shape index (κ3) is 4.09. The van der Waals surface area contributed by atoms with E-state index >= 15 is 0 Å². The Morgan fingerprint density at radius 2 is 1.91 bits per heavy atom. The van der Waals surface area contributed by atoms with Crippen molar-refractivity contribution in [2.45, 2.75) is 63.5 Å². The lowest BCUT2D eigenvalue weighted by atomic mass is 9.89. The second-order valence-electron chi connectivity index (χ2n) is 9.15. The van der Waals surface area contributed by atoms with Gasteiger partial charge in [-0.25, -0.2) is 9.97 Å². The Hall–Kier alpha value is -2.23. The standard InChI is InChI=1S/C23H31N7OS/c1-2-4-18-17(3-1)19-20(27-23(28-21(19)32-18)29-22-24-9-10-25-22)26-15-5-7-16(8-6-15)30-11-13-31-14-12-30/h9-10,15-16H,1-8,11-14H2,(H3,24,25,26,27,28,29). The molecule has 1 aliphatic heterocycles. The molecule has 3 N–H and O–H groups in total. The zero-order valence-electron chi connectivity index (χ0n) is 18.4. The van der Waals surface area contributed by atoms with Crippen molar-refractivity contribution in [2.24, 2.45) is 0 Å². The molecule has 2 aliphatic carbocycles. The molecule has 0 bridgehead atoms. The molecule has 6 rings (SSSR count). The first-order valence-corrected chi connectivity index (χ1v) is 12.8. The maximum absolute atomic E-state index is 5.54. The number of rotatable bonds is 5. The van der Waals surface area contributed by atoms with Gasteiger partial charge in [-0.3, -0.25) is 10.2 Å². The van der Waals surface area contributed by atoms with Crippen LogP contribution in [0.1, 0.15) is 49.0 Å². The monoisotopic (exact) mass is 453 g/mol. The zero-order chi connectivity index (χ0) is 21.3. The summed E-state index contributed by atoms with van der Waals surface area (Å²) in [4.78, 5) is 22.4. The molecular formula is C23H31N7OS. The number of fused-ring (bicyclic) bond motifs is 3. The molecule has 32 heavy (non-hydrogen) atoms. The fourth-order valence-corrected chi connectivity index (χ4v) is 6.74. The van der Waals surface area contributed by atoms with E-state index in [0.717, 1.165) is 43.4 Å². The predicted octanol–water partition coefficient (Wildman–Crippen LogP) is 4.09. The number of hydrogen-bond acceptors (Lipinski definition) is 8. The molecule has 0 amide bonds. The van der Waals surface area contributed by atoms with E-state index in [0.29, 0.717) is 24.0 Å². The van der Waals surface area contributed by atoms with Gasteiger partial charge >= 0.3 is 0 Å². The summed E-state index contributed by atoms with van der Waals surface area (Å²) in [5, 5.41) is 8.34. The van der Waals surface area contributed by atoms with Gasteiger partial charge in [0.1, 0.15) is 10.6 Å². The Morgan fingerprint density at radius 3 is 2.72 bits per heavy atom. The molecule has 3 aromatic rings. The van der Waals surface area contributed by atoms with Gasteiger partial charge in [0.25, 0.3) is 0 Å². The summed E-state index contributed by atoms with van der Waals surface area (Å²) in [6.07, 6.45) is 13.2. The maximum atomic E-state index is 5.54. The molecule has 2 fully saturated rings. The van der Waals surface area contributed by atoms with Gasteiger partial charge in [-0.2, -0.15) is 4.98 Å². The molecule has 0 unspecified atom stereocenters. The first-order valence-electron chi connectivity index (χ1n) is 12.0. The number of nitrogens with one attached hydrogen (secondary N) is 3. The molecule has 0 radical (unpaired) electrons.